The highest BCUT2D eigenvalue weighted by Gasteiger charge is 2.31. The summed E-state index contributed by atoms with van der Waals surface area (Å²) in [5.41, 5.74) is 7.71. The molecule has 37 heavy (non-hydrogen) atoms. The van der Waals surface area contributed by atoms with Gasteiger partial charge in [0, 0.05) is 29.9 Å². The van der Waals surface area contributed by atoms with Crippen molar-refractivity contribution in [2.24, 2.45) is 5.92 Å². The molecule has 5 N–H and O–H groups in total. The van der Waals surface area contributed by atoms with Crippen LogP contribution in [0.1, 0.15) is 35.3 Å². The molecule has 0 saturated heterocycles. The van der Waals surface area contributed by atoms with Crippen LogP contribution in [0, 0.1) is 12.8 Å². The lowest BCUT2D eigenvalue weighted by molar-refractivity contribution is 0.0775. The number of benzene rings is 3. The van der Waals surface area contributed by atoms with Gasteiger partial charge in [-0.05, 0) is 55.2 Å². The molecule has 0 fully saturated rings. The average Bonchev–Trinajstić information content (AvgIpc) is 2.85. The first-order valence-corrected chi connectivity index (χ1v) is 13.6. The summed E-state index contributed by atoms with van der Waals surface area (Å²) < 4.78 is 28.2. The molecule has 2 atom stereocenters. The number of carbonyl (C=O) groups excluding carboxylic acids is 1. The number of phenolic OH excluding ortho intramolecular Hbond substituents is 1. The van der Waals surface area contributed by atoms with Gasteiger partial charge in [-0.25, -0.2) is 8.42 Å². The number of amides is 1. The van der Waals surface area contributed by atoms with E-state index in [-0.39, 0.29) is 41.6 Å². The Hall–Kier alpha value is -3.40. The molecule has 0 bridgehead atoms. The fourth-order valence-electron chi connectivity index (χ4n) is 4.10. The second-order valence-electron chi connectivity index (χ2n) is 9.58. The first kappa shape index (κ1) is 28.2. The zero-order valence-corrected chi connectivity index (χ0v) is 22.2. The van der Waals surface area contributed by atoms with Gasteiger partial charge < -0.3 is 21.3 Å². The molecule has 0 aliphatic heterocycles. The molecular weight excluding hydrogens is 490 g/mol. The van der Waals surface area contributed by atoms with Gasteiger partial charge in [0.25, 0.3) is 5.91 Å². The summed E-state index contributed by atoms with van der Waals surface area (Å²) in [4.78, 5) is 13.2. The summed E-state index contributed by atoms with van der Waals surface area (Å²) in [7, 11) is -3.97. The molecule has 0 aliphatic carbocycles. The monoisotopic (exact) mass is 525 g/mol. The number of carbonyl (C=O) groups is 1. The lowest BCUT2D eigenvalue weighted by atomic mass is 9.99. The van der Waals surface area contributed by atoms with Crippen molar-refractivity contribution in [2.75, 3.05) is 18.8 Å². The minimum atomic E-state index is -3.97. The molecule has 0 spiro atoms. The van der Waals surface area contributed by atoms with Crippen LogP contribution in [0.3, 0.4) is 0 Å². The Morgan fingerprint density at radius 2 is 1.68 bits per heavy atom. The largest absolute Gasteiger partial charge is 0.508 e. The third kappa shape index (κ3) is 7.31. The van der Waals surface area contributed by atoms with E-state index in [4.69, 9.17) is 5.73 Å². The third-order valence-electron chi connectivity index (χ3n) is 6.08. The topological polar surface area (TPSA) is 133 Å². The van der Waals surface area contributed by atoms with E-state index in [0.29, 0.717) is 11.3 Å². The predicted molar refractivity (Wildman–Crippen MR) is 145 cm³/mol. The number of nitrogens with two attached hydrogens (primary N) is 1. The lowest BCUT2D eigenvalue weighted by Gasteiger charge is -2.31. The van der Waals surface area contributed by atoms with E-state index in [1.165, 1.54) is 22.5 Å². The Labute approximate surface area is 218 Å². The third-order valence-corrected chi connectivity index (χ3v) is 7.91. The SMILES string of the molecule is Cc1c(O)cccc1C(=O)N[C@@H](Cc1ccccc1)C(O)CN(CC(C)C)S(=O)(=O)c1cccc(N)c1. The minimum absolute atomic E-state index is 0.0101. The highest BCUT2D eigenvalue weighted by atomic mass is 32.2. The van der Waals surface area contributed by atoms with E-state index in [0.717, 1.165) is 5.56 Å². The van der Waals surface area contributed by atoms with Gasteiger partial charge >= 0.3 is 0 Å². The summed E-state index contributed by atoms with van der Waals surface area (Å²) in [6, 6.07) is 19.2. The molecule has 0 heterocycles. The number of hydrogen-bond donors (Lipinski definition) is 4. The highest BCUT2D eigenvalue weighted by Crippen LogP contribution is 2.22. The van der Waals surface area contributed by atoms with Crippen LogP contribution >= 0.6 is 0 Å². The summed E-state index contributed by atoms with van der Waals surface area (Å²) in [6.45, 7) is 5.36. The molecule has 8 nitrogen and oxygen atoms in total. The molecule has 198 valence electrons. The lowest BCUT2D eigenvalue weighted by Crippen LogP contribution is -2.51. The highest BCUT2D eigenvalue weighted by molar-refractivity contribution is 7.89. The van der Waals surface area contributed by atoms with E-state index in [1.807, 2.05) is 44.2 Å². The van der Waals surface area contributed by atoms with E-state index in [2.05, 4.69) is 5.32 Å². The molecule has 0 aromatic heterocycles. The van der Waals surface area contributed by atoms with E-state index in [9.17, 15) is 23.4 Å². The average molecular weight is 526 g/mol. The van der Waals surface area contributed by atoms with E-state index in [1.54, 1.807) is 31.2 Å². The van der Waals surface area contributed by atoms with Crippen LogP contribution in [0.2, 0.25) is 0 Å². The molecular formula is C28H35N3O5S. The van der Waals surface area contributed by atoms with E-state index < -0.39 is 28.1 Å². The number of rotatable bonds is 11. The quantitative estimate of drug-likeness (QED) is 0.284. The van der Waals surface area contributed by atoms with Gasteiger partial charge in [-0.1, -0.05) is 56.3 Å². The number of nitrogen functional groups attached to an aromatic ring is 1. The molecule has 0 aliphatic rings. The Morgan fingerprint density at radius 3 is 2.32 bits per heavy atom. The molecule has 3 aromatic rings. The standard InChI is InChI=1S/C28H35N3O5S/c1-19(2)17-31(37(35,36)23-12-7-11-22(29)16-23)18-27(33)25(15-21-9-5-4-6-10-21)30-28(34)24-13-8-14-26(32)20(24)3/h4-14,16,19,25,27,32-33H,15,17-18,29H2,1-3H3,(H,30,34)/t25-,27?/m0/s1. The molecule has 3 aromatic carbocycles. The van der Waals surface area contributed by atoms with E-state index >= 15 is 0 Å². The van der Waals surface area contributed by atoms with Crippen molar-refractivity contribution in [2.45, 2.75) is 44.2 Å². The zero-order chi connectivity index (χ0) is 27.2. The number of aliphatic hydroxyl groups is 1. The Kier molecular flexibility index (Phi) is 9.31. The van der Waals surface area contributed by atoms with Gasteiger partial charge in [0.15, 0.2) is 0 Å². The van der Waals surface area contributed by atoms with Crippen molar-refractivity contribution in [3.8, 4) is 5.75 Å². The number of hydrogen-bond acceptors (Lipinski definition) is 6. The maximum Gasteiger partial charge on any atom is 0.252 e. The number of anilines is 1. The van der Waals surface area contributed by atoms with Crippen LogP contribution < -0.4 is 11.1 Å². The molecule has 3 rings (SSSR count). The zero-order valence-electron chi connectivity index (χ0n) is 21.3. The predicted octanol–water partition coefficient (Wildman–Crippen LogP) is 3.33. The number of nitrogens with zero attached hydrogens (tertiary/aromatic N) is 1. The van der Waals surface area contributed by atoms with Crippen molar-refractivity contribution < 1.29 is 23.4 Å². The number of aromatic hydroxyl groups is 1. The fourth-order valence-corrected chi connectivity index (χ4v) is 5.78. The van der Waals surface area contributed by atoms with Crippen LogP contribution in [-0.2, 0) is 16.4 Å². The van der Waals surface area contributed by atoms with Gasteiger partial charge in [0.05, 0.1) is 17.0 Å². The van der Waals surface area contributed by atoms with Crippen LogP contribution in [-0.4, -0.2) is 54.1 Å². The molecule has 9 heteroatoms. The second kappa shape index (κ2) is 12.2. The number of nitrogens with one attached hydrogen (secondary N) is 1. The molecule has 1 unspecified atom stereocenters. The Balaban J connectivity index is 1.92. The molecule has 0 saturated carbocycles. The van der Waals surface area contributed by atoms with Crippen molar-refractivity contribution in [3.63, 3.8) is 0 Å². The smallest absolute Gasteiger partial charge is 0.252 e. The van der Waals surface area contributed by atoms with Crippen molar-refractivity contribution in [1.29, 1.82) is 0 Å². The van der Waals surface area contributed by atoms with Crippen LogP contribution in [0.25, 0.3) is 0 Å². The second-order valence-corrected chi connectivity index (χ2v) is 11.5. The van der Waals surface area contributed by atoms with Crippen LogP contribution in [0.4, 0.5) is 5.69 Å². The van der Waals surface area contributed by atoms with Gasteiger partial charge in [-0.2, -0.15) is 4.31 Å². The number of aliphatic hydroxyl groups excluding tert-OH is 1. The van der Waals surface area contributed by atoms with Crippen LogP contribution in [0.5, 0.6) is 5.75 Å². The summed E-state index contributed by atoms with van der Waals surface area (Å²) in [6.07, 6.45) is -0.948. The van der Waals surface area contributed by atoms with Crippen molar-refractivity contribution in [3.05, 3.63) is 89.5 Å². The van der Waals surface area contributed by atoms with Gasteiger partial charge in [-0.15, -0.1) is 0 Å². The summed E-state index contributed by atoms with van der Waals surface area (Å²) in [5, 5.41) is 24.2. The van der Waals surface area contributed by atoms with Gasteiger partial charge in [-0.3, -0.25) is 4.79 Å². The first-order chi connectivity index (χ1) is 17.5. The number of phenols is 1. The fraction of sp³-hybridized carbons (Fsp3) is 0.321. The maximum absolute atomic E-state index is 13.5. The first-order valence-electron chi connectivity index (χ1n) is 12.2. The summed E-state index contributed by atoms with van der Waals surface area (Å²) >= 11 is 0. The molecule has 0 radical (unpaired) electrons. The van der Waals surface area contributed by atoms with Crippen molar-refractivity contribution in [1.82, 2.24) is 9.62 Å². The molecule has 1 amide bonds. The maximum atomic E-state index is 13.5. The van der Waals surface area contributed by atoms with Crippen molar-refractivity contribution >= 4 is 21.6 Å². The van der Waals surface area contributed by atoms with Gasteiger partial charge in [0.2, 0.25) is 10.0 Å². The van der Waals surface area contributed by atoms with Gasteiger partial charge in [0.1, 0.15) is 5.75 Å². The minimum Gasteiger partial charge on any atom is -0.508 e. The number of sulfonamides is 1. The Bertz CT molecular complexity index is 1310. The Morgan fingerprint density at radius 1 is 1.00 bits per heavy atom. The van der Waals surface area contributed by atoms with Crippen LogP contribution in [0.15, 0.2) is 77.7 Å². The normalized spacial score (nSPS) is 13.5. The summed E-state index contributed by atoms with van der Waals surface area (Å²) in [5.74, 6) is -0.494.